The summed E-state index contributed by atoms with van der Waals surface area (Å²) < 4.78 is 48.0. The molecule has 24 heteroatoms. The first-order chi connectivity index (χ1) is 35.2. The molecule has 4 aliphatic heterocycles. The summed E-state index contributed by atoms with van der Waals surface area (Å²) in [5.74, 6) is 1.28. The maximum absolute atomic E-state index is 12.8. The standard InChI is InChI=1S/C25H27N7O2S2.C24H24IN7S.CH4O2S.Na/c1-36(33,34)22-21(14-9-15-6-7-16(10-14)29-15)31-24-17(12-28-32(24)23(22)26)13-5-8-19(27-11-13)25-30-18-3-2-4-20(18)35-25;25-20-21(13-8-14-5-6-15(9-13)29-14)31-23-16(11-28-32(23)22(20)26)12-4-7-18(27-10-12)24-30-17-2-1-3-19(17)33-24;1-4(2)3;/h5,8,11-12,14-16,29H,2-4,6-7,9-10,26H2,1H3;4,7,10-11,13-15,29H,1-3,5-6,8-9,26H2;1H3,(H,2,3);/q;;;+1/p-1/t14?,15-,16+;13?,14-,15+;;. The fourth-order valence-electron chi connectivity index (χ4n) is 11.9. The molecule has 18 nitrogen and oxygen atoms in total. The van der Waals surface area contributed by atoms with E-state index in [0.717, 1.165) is 129 Å². The number of hydrogen-bond acceptors (Lipinski definition) is 18. The van der Waals surface area contributed by atoms with E-state index in [1.54, 1.807) is 33.4 Å². The zero-order valence-corrected chi connectivity index (χ0v) is 48.7. The first kappa shape index (κ1) is 52.2. The Morgan fingerprint density at radius 3 is 1.53 bits per heavy atom. The average Bonchev–Trinajstić information content (AvgIpc) is 4.24. The van der Waals surface area contributed by atoms with Crippen LogP contribution >= 0.6 is 45.3 Å². The van der Waals surface area contributed by atoms with Gasteiger partial charge in [-0.1, -0.05) is 23.2 Å². The van der Waals surface area contributed by atoms with Crippen molar-refractivity contribution in [3.05, 3.63) is 85.2 Å². The molecular weight excluding hydrogens is 1140 g/mol. The Labute approximate surface area is 474 Å². The van der Waals surface area contributed by atoms with Crippen LogP contribution in [0.25, 0.3) is 55.0 Å². The molecule has 0 radical (unpaired) electrons. The minimum atomic E-state index is -3.60. The number of thiazole rings is 2. The predicted molar refractivity (Wildman–Crippen MR) is 292 cm³/mol. The molecule has 0 spiro atoms. The second-order valence-electron chi connectivity index (χ2n) is 20.1. The summed E-state index contributed by atoms with van der Waals surface area (Å²) in [6.45, 7) is 0. The van der Waals surface area contributed by atoms with Crippen molar-refractivity contribution in [2.45, 2.75) is 131 Å². The van der Waals surface area contributed by atoms with Crippen molar-refractivity contribution in [2.24, 2.45) is 0 Å². The number of nitrogen functional groups attached to an aromatic ring is 2. The Kier molecular flexibility index (Phi) is 14.9. The molecule has 0 aromatic carbocycles. The van der Waals surface area contributed by atoms with Gasteiger partial charge in [0.15, 0.2) is 21.1 Å². The number of aryl methyl sites for hydroxylation is 4. The Balaban J connectivity index is 0.000000147. The molecule has 4 saturated heterocycles. The van der Waals surface area contributed by atoms with Crippen LogP contribution in [0.3, 0.4) is 0 Å². The van der Waals surface area contributed by atoms with Crippen LogP contribution in [0.2, 0.25) is 0 Å². The summed E-state index contributed by atoms with van der Waals surface area (Å²) in [7, 11) is -3.60. The molecule has 2 aliphatic carbocycles. The van der Waals surface area contributed by atoms with Gasteiger partial charge in [0.1, 0.15) is 26.5 Å². The number of hydrogen-bond donors (Lipinski definition) is 4. The van der Waals surface area contributed by atoms with E-state index in [9.17, 15) is 8.42 Å². The minimum absolute atomic E-state index is 0. The molecule has 12 heterocycles. The van der Waals surface area contributed by atoms with Gasteiger partial charge in [0.2, 0.25) is 0 Å². The monoisotopic (exact) mass is 1190 g/mol. The van der Waals surface area contributed by atoms with Gasteiger partial charge in [-0.05, 0) is 131 Å². The van der Waals surface area contributed by atoms with Crippen LogP contribution in [0.1, 0.15) is 109 Å². The van der Waals surface area contributed by atoms with Crippen molar-refractivity contribution in [3.63, 3.8) is 0 Å². The third-order valence-corrected chi connectivity index (χ3v) is 19.8. The molecule has 74 heavy (non-hydrogen) atoms. The largest absolute Gasteiger partial charge is 1.00 e. The zero-order chi connectivity index (χ0) is 50.3. The number of piperidine rings is 2. The number of aromatic nitrogens is 10. The number of fused-ring (bicyclic) bond motifs is 8. The van der Waals surface area contributed by atoms with Crippen molar-refractivity contribution in [1.82, 2.24) is 59.8 Å². The third kappa shape index (κ3) is 10.1. The van der Waals surface area contributed by atoms with Crippen LogP contribution in [0, 0.1) is 3.57 Å². The minimum Gasteiger partial charge on any atom is -0.773 e. The van der Waals surface area contributed by atoms with E-state index in [1.165, 1.54) is 57.6 Å². The number of halogens is 1. The summed E-state index contributed by atoms with van der Waals surface area (Å²) in [6, 6.07) is 10.2. The molecular formula is C50H54IN14NaO4S4. The van der Waals surface area contributed by atoms with Crippen molar-refractivity contribution in [3.8, 4) is 43.7 Å². The first-order valence-corrected chi connectivity index (χ1v) is 30.9. The molecule has 0 amide bonds. The number of anilines is 2. The molecule has 4 fully saturated rings. The van der Waals surface area contributed by atoms with Crippen LogP contribution in [-0.4, -0.2) is 103 Å². The van der Waals surface area contributed by atoms with Crippen molar-refractivity contribution >= 4 is 89.1 Å². The molecule has 4 bridgehead atoms. The van der Waals surface area contributed by atoms with Gasteiger partial charge in [-0.15, -0.1) is 22.7 Å². The Bertz CT molecular complexity index is 3500. The van der Waals surface area contributed by atoms with Gasteiger partial charge in [0.25, 0.3) is 0 Å². The number of nitrogens with zero attached hydrogens (tertiary/aromatic N) is 10. The van der Waals surface area contributed by atoms with Crippen LogP contribution in [0.5, 0.6) is 0 Å². The fraction of sp³-hybridized carbons (Fsp3) is 0.440. The molecule has 3 unspecified atom stereocenters. The molecule has 7 atom stereocenters. The summed E-state index contributed by atoms with van der Waals surface area (Å²) in [5.41, 5.74) is 24.0. The Morgan fingerprint density at radius 1 is 0.676 bits per heavy atom. The maximum Gasteiger partial charge on any atom is 1.00 e. The Morgan fingerprint density at radius 2 is 1.11 bits per heavy atom. The maximum atomic E-state index is 12.8. The molecule has 8 aromatic rings. The first-order valence-electron chi connectivity index (χ1n) is 24.9. The van der Waals surface area contributed by atoms with Crippen LogP contribution in [0.15, 0.2) is 53.9 Å². The SMILES string of the molecule is CS(=O)(=O)c1c(C2C[C@H]3CC[C@@H](C2)N3)nc2c(-c3ccc(-c4nc5c(s4)CCC5)nc3)cnn2c1N.CS(=O)[O-].Nc1c(I)c(C2C[C@H]3CC[C@@H](C2)N3)nc2c(-c3ccc(-c4nc5c(s4)CCC5)nc3)cnn12.[Na+]. The van der Waals surface area contributed by atoms with Crippen LogP contribution < -0.4 is 51.7 Å². The van der Waals surface area contributed by atoms with Gasteiger partial charge < -0.3 is 26.7 Å². The van der Waals surface area contributed by atoms with Crippen molar-refractivity contribution < 1.29 is 46.7 Å². The van der Waals surface area contributed by atoms with E-state index in [4.69, 9.17) is 50.1 Å². The van der Waals surface area contributed by atoms with Crippen molar-refractivity contribution in [2.75, 3.05) is 24.0 Å². The summed E-state index contributed by atoms with van der Waals surface area (Å²) in [5, 5.41) is 18.3. The van der Waals surface area contributed by atoms with E-state index in [-0.39, 0.29) is 46.2 Å². The summed E-state index contributed by atoms with van der Waals surface area (Å²) in [6.07, 6.45) is 25.1. The number of nitrogens with one attached hydrogen (secondary N) is 2. The second-order valence-corrected chi connectivity index (χ2v) is 26.1. The fourth-order valence-corrected chi connectivity index (χ4v) is 16.0. The van der Waals surface area contributed by atoms with E-state index in [1.807, 2.05) is 30.7 Å². The van der Waals surface area contributed by atoms with E-state index in [0.29, 0.717) is 47.2 Å². The predicted octanol–water partition coefficient (Wildman–Crippen LogP) is 4.47. The quantitative estimate of drug-likeness (QED) is 0.0975. The smallest absolute Gasteiger partial charge is 0.773 e. The van der Waals surface area contributed by atoms with Crippen LogP contribution in [-0.2, 0) is 46.6 Å². The topological polar surface area (TPSA) is 262 Å². The number of sulfone groups is 1. The Hall–Kier alpha value is -3.89. The number of rotatable bonds is 7. The molecule has 6 aliphatic rings. The number of pyridine rings is 2. The van der Waals surface area contributed by atoms with E-state index >= 15 is 0 Å². The van der Waals surface area contributed by atoms with Crippen molar-refractivity contribution in [1.29, 1.82) is 0 Å². The van der Waals surface area contributed by atoms with E-state index < -0.39 is 20.9 Å². The van der Waals surface area contributed by atoms with Gasteiger partial charge in [0, 0.05) is 86.7 Å². The second kappa shape index (κ2) is 21.2. The van der Waals surface area contributed by atoms with Gasteiger partial charge in [-0.2, -0.15) is 19.2 Å². The summed E-state index contributed by atoms with van der Waals surface area (Å²) >= 11 is 4.00. The van der Waals surface area contributed by atoms with Crippen LogP contribution in [0.4, 0.5) is 11.6 Å². The zero-order valence-electron chi connectivity index (χ0n) is 41.3. The van der Waals surface area contributed by atoms with Gasteiger partial charge in [-0.25, -0.2) is 28.4 Å². The van der Waals surface area contributed by atoms with Gasteiger partial charge in [-0.3, -0.25) is 14.2 Å². The molecule has 6 N–H and O–H groups in total. The molecule has 380 valence electrons. The number of nitrogens with two attached hydrogens (primary N) is 2. The summed E-state index contributed by atoms with van der Waals surface area (Å²) in [4.78, 5) is 32.0. The van der Waals surface area contributed by atoms with Gasteiger partial charge >= 0.3 is 29.6 Å². The van der Waals surface area contributed by atoms with E-state index in [2.05, 4.69) is 55.6 Å². The molecule has 0 saturated carbocycles. The van der Waals surface area contributed by atoms with Gasteiger partial charge in [0.05, 0.1) is 50.1 Å². The normalized spacial score (nSPS) is 22.9. The molecule has 8 aromatic heterocycles. The average molecular weight is 1190 g/mol. The third-order valence-electron chi connectivity index (χ3n) is 15.2. The molecule has 14 rings (SSSR count).